The van der Waals surface area contributed by atoms with Crippen LogP contribution >= 0.6 is 0 Å². The third-order valence-electron chi connectivity index (χ3n) is 2.74. The highest BCUT2D eigenvalue weighted by atomic mass is 16.5. The van der Waals surface area contributed by atoms with Crippen LogP contribution in [0.15, 0.2) is 18.3 Å². The number of pyridine rings is 1. The lowest BCUT2D eigenvalue weighted by molar-refractivity contribution is 0.136. The first-order valence-corrected chi connectivity index (χ1v) is 6.53. The highest BCUT2D eigenvalue weighted by Gasteiger charge is 2.09. The molecule has 1 rings (SSSR count). The van der Waals surface area contributed by atoms with Gasteiger partial charge in [0, 0.05) is 32.9 Å². The van der Waals surface area contributed by atoms with Gasteiger partial charge in [0.05, 0.1) is 6.61 Å². The summed E-state index contributed by atoms with van der Waals surface area (Å²) in [4.78, 5) is 6.42. The van der Waals surface area contributed by atoms with Crippen LogP contribution in [0.4, 0.5) is 0 Å². The number of rotatable bonds is 8. The third-order valence-corrected chi connectivity index (χ3v) is 2.74. The summed E-state index contributed by atoms with van der Waals surface area (Å²) in [5.74, 6) is 0.611. The fraction of sp³-hybridized carbons (Fsp3) is 0.571. The van der Waals surface area contributed by atoms with E-state index in [0.717, 1.165) is 31.8 Å². The summed E-state index contributed by atoms with van der Waals surface area (Å²) >= 11 is 0. The van der Waals surface area contributed by atoms with Gasteiger partial charge in [-0.1, -0.05) is 13.8 Å². The van der Waals surface area contributed by atoms with Crippen molar-refractivity contribution in [1.29, 1.82) is 5.41 Å². The number of nitrogens with two attached hydrogens (primary N) is 1. The van der Waals surface area contributed by atoms with Crippen molar-refractivity contribution in [3.63, 3.8) is 0 Å². The molecular formula is C14H24N4O. The third kappa shape index (κ3) is 5.81. The molecule has 19 heavy (non-hydrogen) atoms. The lowest BCUT2D eigenvalue weighted by atomic mass is 10.1. The number of aromatic nitrogens is 1. The second-order valence-corrected chi connectivity index (χ2v) is 5.08. The van der Waals surface area contributed by atoms with Gasteiger partial charge in [-0.15, -0.1) is 0 Å². The fourth-order valence-electron chi connectivity index (χ4n) is 1.95. The molecule has 0 fully saturated rings. The predicted molar refractivity (Wildman–Crippen MR) is 77.2 cm³/mol. The van der Waals surface area contributed by atoms with E-state index in [2.05, 4.69) is 23.7 Å². The number of amidine groups is 1. The summed E-state index contributed by atoms with van der Waals surface area (Å²) in [6.07, 6.45) is 1.70. The number of hydrogen-bond acceptors (Lipinski definition) is 4. The van der Waals surface area contributed by atoms with Gasteiger partial charge in [0.2, 0.25) is 0 Å². The monoisotopic (exact) mass is 264 g/mol. The first-order valence-electron chi connectivity index (χ1n) is 6.53. The molecule has 1 heterocycles. The standard InChI is InChI=1S/C14H24N4O/c1-11(2)9-18(6-7-19-3)10-12-4-5-17-13(8-12)14(15)16/h4-5,8,11H,6-7,9-10H2,1-3H3,(H3,15,16). The van der Waals surface area contributed by atoms with Crippen LogP contribution < -0.4 is 5.73 Å². The Morgan fingerprint density at radius 2 is 2.26 bits per heavy atom. The number of nitrogens with one attached hydrogen (secondary N) is 1. The van der Waals surface area contributed by atoms with E-state index in [9.17, 15) is 0 Å². The molecule has 5 nitrogen and oxygen atoms in total. The van der Waals surface area contributed by atoms with Crippen molar-refractivity contribution in [3.05, 3.63) is 29.6 Å². The zero-order chi connectivity index (χ0) is 14.3. The van der Waals surface area contributed by atoms with Crippen molar-refractivity contribution in [2.45, 2.75) is 20.4 Å². The molecule has 106 valence electrons. The minimum absolute atomic E-state index is 0.00847. The minimum Gasteiger partial charge on any atom is -0.383 e. The maximum Gasteiger partial charge on any atom is 0.141 e. The molecule has 0 aliphatic rings. The van der Waals surface area contributed by atoms with Gasteiger partial charge in [-0.25, -0.2) is 0 Å². The van der Waals surface area contributed by atoms with Gasteiger partial charge in [0.15, 0.2) is 0 Å². The summed E-state index contributed by atoms with van der Waals surface area (Å²) in [6, 6.07) is 3.84. The second-order valence-electron chi connectivity index (χ2n) is 5.08. The average Bonchev–Trinajstić information content (AvgIpc) is 2.35. The molecule has 0 aromatic carbocycles. The van der Waals surface area contributed by atoms with Crippen LogP contribution in [0.2, 0.25) is 0 Å². The van der Waals surface area contributed by atoms with Crippen molar-refractivity contribution in [2.75, 3.05) is 26.8 Å². The van der Waals surface area contributed by atoms with E-state index in [1.165, 1.54) is 0 Å². The quantitative estimate of drug-likeness (QED) is 0.551. The fourth-order valence-corrected chi connectivity index (χ4v) is 1.95. The molecule has 0 radical (unpaired) electrons. The van der Waals surface area contributed by atoms with Crippen LogP contribution in [0.25, 0.3) is 0 Å². The lowest BCUT2D eigenvalue weighted by Crippen LogP contribution is -2.30. The molecule has 1 aromatic rings. The number of nitrogens with zero attached hydrogens (tertiary/aromatic N) is 2. The molecule has 5 heteroatoms. The SMILES string of the molecule is COCCN(Cc1ccnc(C(=N)N)c1)CC(C)C. The molecule has 0 unspecified atom stereocenters. The van der Waals surface area contributed by atoms with Crippen LogP contribution in [0.3, 0.4) is 0 Å². The van der Waals surface area contributed by atoms with Crippen LogP contribution in [0.1, 0.15) is 25.1 Å². The Labute approximate surface area is 115 Å². The van der Waals surface area contributed by atoms with Gasteiger partial charge in [-0.3, -0.25) is 15.3 Å². The van der Waals surface area contributed by atoms with Gasteiger partial charge in [0.25, 0.3) is 0 Å². The van der Waals surface area contributed by atoms with Crippen molar-refractivity contribution in [1.82, 2.24) is 9.88 Å². The van der Waals surface area contributed by atoms with Crippen LogP contribution in [0.5, 0.6) is 0 Å². The molecule has 0 saturated carbocycles. The van der Waals surface area contributed by atoms with E-state index in [4.69, 9.17) is 15.9 Å². The largest absolute Gasteiger partial charge is 0.383 e. The van der Waals surface area contributed by atoms with Gasteiger partial charge >= 0.3 is 0 Å². The Morgan fingerprint density at radius 3 is 2.84 bits per heavy atom. The van der Waals surface area contributed by atoms with E-state index in [-0.39, 0.29) is 5.84 Å². The van der Waals surface area contributed by atoms with Crippen molar-refractivity contribution < 1.29 is 4.74 Å². The lowest BCUT2D eigenvalue weighted by Gasteiger charge is -2.24. The Balaban J connectivity index is 2.71. The van der Waals surface area contributed by atoms with Crippen molar-refractivity contribution in [2.24, 2.45) is 11.7 Å². The normalized spacial score (nSPS) is 11.2. The number of hydrogen-bond donors (Lipinski definition) is 2. The smallest absolute Gasteiger partial charge is 0.141 e. The minimum atomic E-state index is 0.00847. The molecule has 1 aromatic heterocycles. The molecule has 0 aliphatic carbocycles. The van der Waals surface area contributed by atoms with E-state index < -0.39 is 0 Å². The molecule has 0 saturated heterocycles. The van der Waals surface area contributed by atoms with Crippen molar-refractivity contribution >= 4 is 5.84 Å². The average molecular weight is 264 g/mol. The number of methoxy groups -OCH3 is 1. The van der Waals surface area contributed by atoms with E-state index >= 15 is 0 Å². The molecule has 0 atom stereocenters. The van der Waals surface area contributed by atoms with E-state index in [0.29, 0.717) is 11.6 Å². The Morgan fingerprint density at radius 1 is 1.53 bits per heavy atom. The molecular weight excluding hydrogens is 240 g/mol. The van der Waals surface area contributed by atoms with Crippen LogP contribution in [-0.4, -0.2) is 42.5 Å². The maximum atomic E-state index is 7.42. The van der Waals surface area contributed by atoms with Gasteiger partial charge in [0.1, 0.15) is 11.5 Å². The first kappa shape index (κ1) is 15.6. The Hall–Kier alpha value is -1.46. The molecule has 0 bridgehead atoms. The van der Waals surface area contributed by atoms with Crippen LogP contribution in [-0.2, 0) is 11.3 Å². The topological polar surface area (TPSA) is 75.2 Å². The van der Waals surface area contributed by atoms with Gasteiger partial charge in [-0.2, -0.15) is 0 Å². The molecule has 0 spiro atoms. The summed E-state index contributed by atoms with van der Waals surface area (Å²) < 4.78 is 5.15. The highest BCUT2D eigenvalue weighted by Crippen LogP contribution is 2.08. The maximum absolute atomic E-state index is 7.42. The number of nitrogen functional groups attached to an aromatic ring is 1. The zero-order valence-corrected chi connectivity index (χ0v) is 12.0. The van der Waals surface area contributed by atoms with Gasteiger partial charge in [-0.05, 0) is 23.6 Å². The zero-order valence-electron chi connectivity index (χ0n) is 12.0. The Bertz CT molecular complexity index is 406. The summed E-state index contributed by atoms with van der Waals surface area (Å²) in [7, 11) is 1.72. The summed E-state index contributed by atoms with van der Waals surface area (Å²) in [5.41, 5.74) is 7.12. The molecule has 0 amide bonds. The summed E-state index contributed by atoms with van der Waals surface area (Å²) in [5, 5.41) is 7.42. The van der Waals surface area contributed by atoms with Gasteiger partial charge < -0.3 is 10.5 Å². The van der Waals surface area contributed by atoms with E-state index in [1.807, 2.05) is 12.1 Å². The van der Waals surface area contributed by atoms with E-state index in [1.54, 1.807) is 13.3 Å². The first-order chi connectivity index (χ1) is 9.02. The van der Waals surface area contributed by atoms with Crippen LogP contribution in [0, 0.1) is 11.3 Å². The highest BCUT2D eigenvalue weighted by molar-refractivity contribution is 5.93. The molecule has 3 N–H and O–H groups in total. The predicted octanol–water partition coefficient (Wildman–Crippen LogP) is 1.47. The summed E-state index contributed by atoms with van der Waals surface area (Å²) in [6.45, 7) is 7.86. The number of ether oxygens (including phenoxy) is 1. The second kappa shape index (κ2) is 7.86. The molecule has 0 aliphatic heterocycles. The van der Waals surface area contributed by atoms with Crippen molar-refractivity contribution in [3.8, 4) is 0 Å². The Kier molecular flexibility index (Phi) is 6.45.